The lowest BCUT2D eigenvalue weighted by atomic mass is 9.64. The molecule has 18 heavy (non-hydrogen) atoms. The molecule has 100 valence electrons. The van der Waals surface area contributed by atoms with Gasteiger partial charge in [-0.25, -0.2) is 0 Å². The summed E-state index contributed by atoms with van der Waals surface area (Å²) < 4.78 is 9.34. The quantitative estimate of drug-likeness (QED) is 0.758. The van der Waals surface area contributed by atoms with Crippen molar-refractivity contribution < 1.29 is 9.53 Å². The maximum atomic E-state index is 11.3. The summed E-state index contributed by atoms with van der Waals surface area (Å²) >= 11 is 1.16. The minimum atomic E-state index is -0.552. The molecular weight excluding hydrogens is 252 g/mol. The zero-order valence-corrected chi connectivity index (χ0v) is 11.5. The van der Waals surface area contributed by atoms with Gasteiger partial charge >= 0.3 is 0 Å². The predicted octanol–water partition coefficient (Wildman–Crippen LogP) is 1.05. The van der Waals surface area contributed by atoms with Crippen molar-refractivity contribution in [3.63, 3.8) is 0 Å². The van der Waals surface area contributed by atoms with E-state index in [4.69, 9.17) is 16.2 Å². The SMILES string of the molecule is COC1CC(Nc2snc(N)c2C(N)=O)C1(C)C. The van der Waals surface area contributed by atoms with Crippen molar-refractivity contribution in [2.24, 2.45) is 11.1 Å². The van der Waals surface area contributed by atoms with Crippen LogP contribution in [0, 0.1) is 5.41 Å². The van der Waals surface area contributed by atoms with Crippen LogP contribution in [0.5, 0.6) is 0 Å². The molecule has 1 saturated carbocycles. The number of rotatable bonds is 4. The molecule has 1 aliphatic carbocycles. The maximum absolute atomic E-state index is 11.3. The first-order valence-electron chi connectivity index (χ1n) is 5.72. The van der Waals surface area contributed by atoms with Gasteiger partial charge < -0.3 is 21.5 Å². The summed E-state index contributed by atoms with van der Waals surface area (Å²) in [6.07, 6.45) is 1.11. The van der Waals surface area contributed by atoms with Crippen LogP contribution in [0.25, 0.3) is 0 Å². The van der Waals surface area contributed by atoms with Gasteiger partial charge in [0.1, 0.15) is 10.6 Å². The van der Waals surface area contributed by atoms with Gasteiger partial charge in [-0.15, -0.1) is 0 Å². The number of hydrogen-bond acceptors (Lipinski definition) is 6. The molecule has 0 aromatic carbocycles. The Hall–Kier alpha value is -1.34. The van der Waals surface area contributed by atoms with Crippen LogP contribution < -0.4 is 16.8 Å². The number of aromatic nitrogens is 1. The summed E-state index contributed by atoms with van der Waals surface area (Å²) in [7, 11) is 1.71. The Morgan fingerprint density at radius 3 is 2.78 bits per heavy atom. The summed E-state index contributed by atoms with van der Waals surface area (Å²) in [6, 6.07) is 0.223. The molecule has 1 aromatic heterocycles. The number of nitrogens with two attached hydrogens (primary N) is 2. The van der Waals surface area contributed by atoms with Crippen LogP contribution in [0.4, 0.5) is 10.8 Å². The predicted molar refractivity (Wildman–Crippen MR) is 71.7 cm³/mol. The second-order valence-corrected chi connectivity index (χ2v) is 5.89. The number of nitrogens with one attached hydrogen (secondary N) is 1. The second-order valence-electron chi connectivity index (χ2n) is 5.11. The van der Waals surface area contributed by atoms with E-state index >= 15 is 0 Å². The lowest BCUT2D eigenvalue weighted by Crippen LogP contribution is -2.57. The summed E-state index contributed by atoms with van der Waals surface area (Å²) in [4.78, 5) is 11.3. The molecule has 2 atom stereocenters. The molecular formula is C11H18N4O2S. The fraction of sp³-hybridized carbons (Fsp3) is 0.636. The molecule has 0 radical (unpaired) electrons. The number of anilines is 2. The minimum Gasteiger partial charge on any atom is -0.382 e. The van der Waals surface area contributed by atoms with Crippen molar-refractivity contribution in [1.29, 1.82) is 0 Å². The highest BCUT2D eigenvalue weighted by Gasteiger charge is 2.49. The lowest BCUT2D eigenvalue weighted by Gasteiger charge is -2.51. The first-order chi connectivity index (χ1) is 8.37. The largest absolute Gasteiger partial charge is 0.382 e. The minimum absolute atomic E-state index is 0.00240. The summed E-state index contributed by atoms with van der Waals surface area (Å²) in [5.74, 6) is -0.361. The fourth-order valence-electron chi connectivity index (χ4n) is 2.33. The van der Waals surface area contributed by atoms with E-state index in [1.165, 1.54) is 0 Å². The molecule has 0 bridgehead atoms. The number of methoxy groups -OCH3 is 1. The van der Waals surface area contributed by atoms with Gasteiger partial charge in [-0.05, 0) is 18.0 Å². The summed E-state index contributed by atoms with van der Waals surface area (Å²) in [5, 5.41) is 3.94. The Morgan fingerprint density at radius 1 is 1.61 bits per heavy atom. The molecule has 1 heterocycles. The molecule has 5 N–H and O–H groups in total. The average molecular weight is 270 g/mol. The van der Waals surface area contributed by atoms with Crippen molar-refractivity contribution in [3.8, 4) is 0 Å². The van der Waals surface area contributed by atoms with E-state index in [0.29, 0.717) is 5.00 Å². The van der Waals surface area contributed by atoms with Crippen molar-refractivity contribution in [3.05, 3.63) is 5.56 Å². The van der Waals surface area contributed by atoms with Crippen LogP contribution >= 0.6 is 11.5 Å². The number of carbonyl (C=O) groups is 1. The van der Waals surface area contributed by atoms with Gasteiger partial charge in [0.2, 0.25) is 0 Å². The molecule has 1 aromatic rings. The molecule has 1 fully saturated rings. The number of nitrogens with zero attached hydrogens (tertiary/aromatic N) is 1. The summed E-state index contributed by atoms with van der Waals surface area (Å²) in [6.45, 7) is 4.24. The molecule has 0 aliphatic heterocycles. The number of hydrogen-bond donors (Lipinski definition) is 3. The van der Waals surface area contributed by atoms with Crippen molar-refractivity contribution >= 4 is 28.3 Å². The standard InChI is InChI=1S/C11H18N4O2S/c1-11(2)5(4-6(11)17-3)14-10-7(9(13)16)8(12)15-18-10/h5-6,14H,4H2,1-3H3,(H2,12,15)(H2,13,16). The van der Waals surface area contributed by atoms with Crippen LogP contribution in [0.2, 0.25) is 0 Å². The third-order valence-corrected chi connectivity index (χ3v) is 4.52. The van der Waals surface area contributed by atoms with Gasteiger partial charge in [0, 0.05) is 18.6 Å². The van der Waals surface area contributed by atoms with E-state index in [0.717, 1.165) is 18.0 Å². The molecule has 0 saturated heterocycles. The second kappa shape index (κ2) is 4.40. The highest BCUT2D eigenvalue weighted by molar-refractivity contribution is 7.11. The zero-order valence-electron chi connectivity index (χ0n) is 10.7. The number of carbonyl (C=O) groups excluding carboxylic acids is 1. The molecule has 1 aliphatic rings. The summed E-state index contributed by atoms with van der Waals surface area (Å²) in [5.41, 5.74) is 11.2. The van der Waals surface area contributed by atoms with E-state index in [9.17, 15) is 4.79 Å². The average Bonchev–Trinajstić information content (AvgIpc) is 2.65. The van der Waals surface area contributed by atoms with Crippen LogP contribution in [-0.4, -0.2) is 29.5 Å². The Balaban J connectivity index is 2.15. The lowest BCUT2D eigenvalue weighted by molar-refractivity contribution is -0.0793. The highest BCUT2D eigenvalue weighted by atomic mass is 32.1. The third kappa shape index (κ3) is 1.93. The Bertz CT molecular complexity index is 472. The van der Waals surface area contributed by atoms with Crippen LogP contribution in [0.15, 0.2) is 0 Å². The molecule has 2 rings (SSSR count). The smallest absolute Gasteiger partial charge is 0.255 e. The third-order valence-electron chi connectivity index (χ3n) is 3.73. The number of nitrogen functional groups attached to an aromatic ring is 1. The van der Waals surface area contributed by atoms with Crippen molar-refractivity contribution in [2.45, 2.75) is 32.4 Å². The number of primary amides is 1. The monoisotopic (exact) mass is 270 g/mol. The van der Waals surface area contributed by atoms with Crippen LogP contribution in [0.1, 0.15) is 30.6 Å². The molecule has 1 amide bonds. The van der Waals surface area contributed by atoms with Gasteiger partial charge in [-0.1, -0.05) is 13.8 Å². The highest BCUT2D eigenvalue weighted by Crippen LogP contribution is 2.45. The van der Waals surface area contributed by atoms with E-state index < -0.39 is 5.91 Å². The van der Waals surface area contributed by atoms with Gasteiger partial charge in [0.15, 0.2) is 5.82 Å². The molecule has 2 unspecified atom stereocenters. The van der Waals surface area contributed by atoms with Gasteiger partial charge in [0.25, 0.3) is 5.91 Å². The Labute approximate surface area is 110 Å². The molecule has 7 heteroatoms. The van der Waals surface area contributed by atoms with Crippen LogP contribution in [-0.2, 0) is 4.74 Å². The topological polar surface area (TPSA) is 103 Å². The molecule has 0 spiro atoms. The van der Waals surface area contributed by atoms with Crippen LogP contribution in [0.3, 0.4) is 0 Å². The number of amides is 1. The van der Waals surface area contributed by atoms with Crippen molar-refractivity contribution in [2.75, 3.05) is 18.2 Å². The van der Waals surface area contributed by atoms with Gasteiger partial charge in [-0.3, -0.25) is 4.79 Å². The van der Waals surface area contributed by atoms with Gasteiger partial charge in [0.05, 0.1) is 6.10 Å². The zero-order chi connectivity index (χ0) is 13.5. The van der Waals surface area contributed by atoms with E-state index in [2.05, 4.69) is 23.5 Å². The Kier molecular flexibility index (Phi) is 3.20. The van der Waals surface area contributed by atoms with E-state index in [1.54, 1.807) is 7.11 Å². The number of ether oxygens (including phenoxy) is 1. The Morgan fingerprint density at radius 2 is 2.28 bits per heavy atom. The first-order valence-corrected chi connectivity index (χ1v) is 6.49. The first kappa shape index (κ1) is 13.1. The van der Waals surface area contributed by atoms with Crippen molar-refractivity contribution in [1.82, 2.24) is 4.37 Å². The van der Waals surface area contributed by atoms with E-state index in [1.807, 2.05) is 0 Å². The van der Waals surface area contributed by atoms with Gasteiger partial charge in [-0.2, -0.15) is 4.37 Å². The van der Waals surface area contributed by atoms with E-state index in [-0.39, 0.29) is 28.9 Å². The fourth-order valence-corrected chi connectivity index (χ4v) is 3.10. The normalized spacial score (nSPS) is 25.5. The molecule has 6 nitrogen and oxygen atoms in total. The maximum Gasteiger partial charge on any atom is 0.255 e.